The minimum Gasteiger partial charge on any atom is -0.323 e. The Balaban J connectivity index is 2.69. The molecule has 0 bridgehead atoms. The lowest BCUT2D eigenvalue weighted by Crippen LogP contribution is -2.15. The molecule has 0 amide bonds. The highest BCUT2D eigenvalue weighted by Gasteiger charge is 2.12. The Labute approximate surface area is 102 Å². The highest BCUT2D eigenvalue weighted by molar-refractivity contribution is 6.30. The summed E-state index contributed by atoms with van der Waals surface area (Å²) in [5.74, 6) is -0.557. The van der Waals surface area contributed by atoms with E-state index < -0.39 is 11.4 Å². The molecule has 0 aliphatic rings. The lowest BCUT2D eigenvalue weighted by Gasteiger charge is -2.05. The molecule has 17 heavy (non-hydrogen) atoms. The SMILES string of the molecule is Cc1nc(-c2ccc(Cl)cc2F)c(=O)[nH]c1C. The van der Waals surface area contributed by atoms with Gasteiger partial charge in [0.25, 0.3) is 5.56 Å². The van der Waals surface area contributed by atoms with Gasteiger partial charge in [0.05, 0.1) is 5.69 Å². The summed E-state index contributed by atoms with van der Waals surface area (Å²) in [6, 6.07) is 4.13. The van der Waals surface area contributed by atoms with Gasteiger partial charge in [0.15, 0.2) is 0 Å². The molecule has 3 nitrogen and oxygen atoms in total. The Kier molecular flexibility index (Phi) is 2.98. The fraction of sp³-hybridized carbons (Fsp3) is 0.167. The molecule has 1 heterocycles. The average Bonchev–Trinajstić information content (AvgIpc) is 2.24. The van der Waals surface area contributed by atoms with Gasteiger partial charge in [0, 0.05) is 16.3 Å². The van der Waals surface area contributed by atoms with E-state index in [1.165, 1.54) is 12.1 Å². The molecule has 0 spiro atoms. The summed E-state index contributed by atoms with van der Waals surface area (Å²) in [7, 11) is 0. The van der Waals surface area contributed by atoms with Crippen molar-refractivity contribution >= 4 is 11.6 Å². The minimum atomic E-state index is -0.557. The van der Waals surface area contributed by atoms with Crippen molar-refractivity contribution in [3.8, 4) is 11.3 Å². The maximum absolute atomic E-state index is 13.7. The fourth-order valence-corrected chi connectivity index (χ4v) is 1.65. The molecule has 0 aliphatic carbocycles. The maximum atomic E-state index is 13.7. The molecule has 1 aromatic carbocycles. The van der Waals surface area contributed by atoms with Crippen LogP contribution in [0.15, 0.2) is 23.0 Å². The standard InChI is InChI=1S/C12H10ClFN2O/c1-6-7(2)16-12(17)11(15-6)9-4-3-8(13)5-10(9)14/h3-5H,1-2H3,(H,16,17). The predicted octanol–water partition coefficient (Wildman–Crippen LogP) is 2.85. The van der Waals surface area contributed by atoms with E-state index in [0.29, 0.717) is 11.4 Å². The first-order valence-corrected chi connectivity index (χ1v) is 5.40. The lowest BCUT2D eigenvalue weighted by atomic mass is 10.1. The highest BCUT2D eigenvalue weighted by Crippen LogP contribution is 2.21. The third-order valence-electron chi connectivity index (χ3n) is 2.52. The van der Waals surface area contributed by atoms with Gasteiger partial charge in [0.1, 0.15) is 11.5 Å². The molecule has 5 heteroatoms. The number of rotatable bonds is 1. The Bertz CT molecular complexity index is 637. The second-order valence-corrected chi connectivity index (χ2v) is 4.19. The Hall–Kier alpha value is -1.68. The second kappa shape index (κ2) is 4.30. The number of nitrogens with zero attached hydrogens (tertiary/aromatic N) is 1. The molecule has 0 unspecified atom stereocenters. The van der Waals surface area contributed by atoms with Crippen LogP contribution in [0.1, 0.15) is 11.4 Å². The number of aromatic amines is 1. The molecular weight excluding hydrogens is 243 g/mol. The topological polar surface area (TPSA) is 45.8 Å². The first-order chi connectivity index (χ1) is 7.99. The molecule has 0 fully saturated rings. The zero-order valence-corrected chi connectivity index (χ0v) is 10.1. The van der Waals surface area contributed by atoms with Crippen LogP contribution in [0.2, 0.25) is 5.02 Å². The number of halogens is 2. The van der Waals surface area contributed by atoms with E-state index in [0.717, 1.165) is 6.07 Å². The normalized spacial score (nSPS) is 10.6. The molecule has 1 N–H and O–H groups in total. The van der Waals surface area contributed by atoms with Crippen molar-refractivity contribution in [2.75, 3.05) is 0 Å². The zero-order valence-electron chi connectivity index (χ0n) is 9.34. The van der Waals surface area contributed by atoms with Crippen molar-refractivity contribution in [2.24, 2.45) is 0 Å². The largest absolute Gasteiger partial charge is 0.323 e. The summed E-state index contributed by atoms with van der Waals surface area (Å²) in [5, 5.41) is 0.284. The Morgan fingerprint density at radius 3 is 2.71 bits per heavy atom. The zero-order chi connectivity index (χ0) is 12.6. The van der Waals surface area contributed by atoms with Crippen LogP contribution in [-0.4, -0.2) is 9.97 Å². The molecule has 2 rings (SSSR count). The van der Waals surface area contributed by atoms with Crippen molar-refractivity contribution in [1.29, 1.82) is 0 Å². The van der Waals surface area contributed by atoms with Crippen molar-refractivity contribution in [3.63, 3.8) is 0 Å². The van der Waals surface area contributed by atoms with Gasteiger partial charge < -0.3 is 4.98 Å². The van der Waals surface area contributed by atoms with E-state index in [9.17, 15) is 9.18 Å². The van der Waals surface area contributed by atoms with Gasteiger partial charge in [-0.2, -0.15) is 0 Å². The average molecular weight is 253 g/mol. The summed E-state index contributed by atoms with van der Waals surface area (Å²) in [6.45, 7) is 3.49. The number of aryl methyl sites for hydroxylation is 2. The van der Waals surface area contributed by atoms with Crippen LogP contribution in [0.4, 0.5) is 4.39 Å². The summed E-state index contributed by atoms with van der Waals surface area (Å²) >= 11 is 5.65. The Morgan fingerprint density at radius 1 is 1.35 bits per heavy atom. The number of benzene rings is 1. The molecule has 0 atom stereocenters. The van der Waals surface area contributed by atoms with E-state index in [2.05, 4.69) is 9.97 Å². The first-order valence-electron chi connectivity index (χ1n) is 5.02. The van der Waals surface area contributed by atoms with Gasteiger partial charge in [-0.15, -0.1) is 0 Å². The van der Waals surface area contributed by atoms with Crippen LogP contribution >= 0.6 is 11.6 Å². The van der Waals surface area contributed by atoms with Crippen LogP contribution in [0.25, 0.3) is 11.3 Å². The van der Waals surface area contributed by atoms with E-state index in [-0.39, 0.29) is 16.3 Å². The van der Waals surface area contributed by atoms with E-state index >= 15 is 0 Å². The van der Waals surface area contributed by atoms with Crippen LogP contribution in [0.5, 0.6) is 0 Å². The van der Waals surface area contributed by atoms with Crippen LogP contribution in [0.3, 0.4) is 0 Å². The molecule has 1 aromatic heterocycles. The van der Waals surface area contributed by atoms with E-state index in [4.69, 9.17) is 11.6 Å². The van der Waals surface area contributed by atoms with E-state index in [1.807, 2.05) is 0 Å². The van der Waals surface area contributed by atoms with Gasteiger partial charge in [-0.05, 0) is 32.0 Å². The predicted molar refractivity (Wildman–Crippen MR) is 64.7 cm³/mol. The molecule has 0 saturated heterocycles. The molecule has 2 aromatic rings. The van der Waals surface area contributed by atoms with Crippen LogP contribution in [0, 0.1) is 19.7 Å². The summed E-state index contributed by atoms with van der Waals surface area (Å²) in [5.41, 5.74) is 1.15. The molecule has 0 aliphatic heterocycles. The van der Waals surface area contributed by atoms with Crippen LogP contribution < -0.4 is 5.56 Å². The van der Waals surface area contributed by atoms with Gasteiger partial charge in [-0.1, -0.05) is 11.6 Å². The monoisotopic (exact) mass is 252 g/mol. The Morgan fingerprint density at radius 2 is 2.06 bits per heavy atom. The molecule has 0 saturated carbocycles. The molecular formula is C12H10ClFN2O. The van der Waals surface area contributed by atoms with Crippen molar-refractivity contribution in [2.45, 2.75) is 13.8 Å². The third-order valence-corrected chi connectivity index (χ3v) is 2.76. The molecule has 88 valence electrons. The third kappa shape index (κ3) is 2.22. The van der Waals surface area contributed by atoms with Crippen molar-refractivity contribution < 1.29 is 4.39 Å². The smallest absolute Gasteiger partial charge is 0.274 e. The quantitative estimate of drug-likeness (QED) is 0.848. The number of aromatic nitrogens is 2. The summed E-state index contributed by atoms with van der Waals surface area (Å²) in [6.07, 6.45) is 0. The van der Waals surface area contributed by atoms with Gasteiger partial charge >= 0.3 is 0 Å². The lowest BCUT2D eigenvalue weighted by molar-refractivity contribution is 0.630. The number of hydrogen-bond donors (Lipinski definition) is 1. The maximum Gasteiger partial charge on any atom is 0.274 e. The summed E-state index contributed by atoms with van der Waals surface area (Å²) in [4.78, 5) is 18.4. The highest BCUT2D eigenvalue weighted by atomic mass is 35.5. The van der Waals surface area contributed by atoms with Crippen molar-refractivity contribution in [3.05, 3.63) is 50.8 Å². The van der Waals surface area contributed by atoms with Gasteiger partial charge in [0.2, 0.25) is 0 Å². The second-order valence-electron chi connectivity index (χ2n) is 3.75. The van der Waals surface area contributed by atoms with Gasteiger partial charge in [-0.25, -0.2) is 9.37 Å². The number of hydrogen-bond acceptors (Lipinski definition) is 2. The van der Waals surface area contributed by atoms with Gasteiger partial charge in [-0.3, -0.25) is 4.79 Å². The van der Waals surface area contributed by atoms with Crippen molar-refractivity contribution in [1.82, 2.24) is 9.97 Å². The fourth-order valence-electron chi connectivity index (χ4n) is 1.49. The number of nitrogens with one attached hydrogen (secondary N) is 1. The summed E-state index contributed by atoms with van der Waals surface area (Å²) < 4.78 is 13.7. The van der Waals surface area contributed by atoms with E-state index in [1.54, 1.807) is 13.8 Å². The number of H-pyrrole nitrogens is 1. The minimum absolute atomic E-state index is 0.0715. The van der Waals surface area contributed by atoms with Crippen LogP contribution in [-0.2, 0) is 0 Å². The molecule has 0 radical (unpaired) electrons. The first kappa shape index (κ1) is 11.8.